The first-order valence-corrected chi connectivity index (χ1v) is 10.4. The Kier molecular flexibility index (Phi) is 6.04. The summed E-state index contributed by atoms with van der Waals surface area (Å²) < 4.78 is 5.27. The number of aromatic amines is 1. The lowest BCUT2D eigenvalue weighted by atomic mass is 10.1. The van der Waals surface area contributed by atoms with Gasteiger partial charge in [-0.2, -0.15) is 0 Å². The van der Waals surface area contributed by atoms with Crippen LogP contribution in [-0.4, -0.2) is 28.1 Å². The molecule has 1 aromatic heterocycles. The maximum Gasteiger partial charge on any atom is 0.269 e. The topological polar surface area (TPSA) is 91.1 Å². The zero-order valence-electron chi connectivity index (χ0n) is 17.9. The number of rotatable bonds is 4. The maximum atomic E-state index is 12.5. The van der Waals surface area contributed by atoms with Crippen LogP contribution in [-0.2, 0) is 0 Å². The summed E-state index contributed by atoms with van der Waals surface area (Å²) in [5.74, 6) is 1.10. The first-order chi connectivity index (χ1) is 15.4. The molecule has 0 radical (unpaired) electrons. The van der Waals surface area contributed by atoms with E-state index in [0.29, 0.717) is 17.0 Å². The first-order valence-electron chi connectivity index (χ1n) is 10.0. The highest BCUT2D eigenvalue weighted by Crippen LogP contribution is 2.24. The second kappa shape index (κ2) is 9.07. The highest BCUT2D eigenvalue weighted by atomic mass is 32.1. The molecule has 32 heavy (non-hydrogen) atoms. The van der Waals surface area contributed by atoms with E-state index in [2.05, 4.69) is 52.1 Å². The fourth-order valence-corrected chi connectivity index (χ4v) is 3.43. The number of aryl methyl sites for hydroxylation is 2. The molecular weight excluding hydrogens is 422 g/mol. The molecule has 8 heteroatoms. The average molecular weight is 446 g/mol. The number of hydrogen-bond donors (Lipinski definition) is 4. The van der Waals surface area contributed by atoms with Crippen LogP contribution in [0.25, 0.3) is 22.4 Å². The van der Waals surface area contributed by atoms with Crippen molar-refractivity contribution in [1.82, 2.24) is 20.8 Å². The minimum Gasteiger partial charge on any atom is -0.495 e. The number of benzene rings is 3. The normalized spacial score (nSPS) is 10.6. The van der Waals surface area contributed by atoms with Crippen LogP contribution in [0.1, 0.15) is 21.5 Å². The van der Waals surface area contributed by atoms with Crippen LogP contribution in [0.2, 0.25) is 0 Å². The molecule has 0 saturated heterocycles. The molecule has 0 fully saturated rings. The Morgan fingerprint density at radius 3 is 2.47 bits per heavy atom. The fourth-order valence-electron chi connectivity index (χ4n) is 3.27. The van der Waals surface area contributed by atoms with Crippen LogP contribution >= 0.6 is 12.2 Å². The third-order valence-electron chi connectivity index (χ3n) is 5.16. The summed E-state index contributed by atoms with van der Waals surface area (Å²) in [6.45, 7) is 4.15. The van der Waals surface area contributed by atoms with Crippen molar-refractivity contribution in [3.63, 3.8) is 0 Å². The van der Waals surface area contributed by atoms with Crippen molar-refractivity contribution in [1.29, 1.82) is 0 Å². The van der Waals surface area contributed by atoms with Gasteiger partial charge < -0.3 is 15.0 Å². The summed E-state index contributed by atoms with van der Waals surface area (Å²) in [7, 11) is 1.58. The Bertz CT molecular complexity index is 1260. The van der Waals surface area contributed by atoms with Crippen LogP contribution in [0.5, 0.6) is 5.75 Å². The monoisotopic (exact) mass is 445 g/mol. The molecule has 0 saturated carbocycles. The zero-order valence-corrected chi connectivity index (χ0v) is 18.8. The lowest BCUT2D eigenvalue weighted by Gasteiger charge is -2.13. The molecule has 4 N–H and O–H groups in total. The third-order valence-corrected chi connectivity index (χ3v) is 5.37. The zero-order chi connectivity index (χ0) is 22.7. The number of ether oxygens (including phenoxy) is 1. The molecule has 7 nitrogen and oxygen atoms in total. The highest BCUT2D eigenvalue weighted by Gasteiger charge is 2.10. The van der Waals surface area contributed by atoms with E-state index in [1.165, 1.54) is 11.1 Å². The summed E-state index contributed by atoms with van der Waals surface area (Å²) in [4.78, 5) is 20.5. The first kappa shape index (κ1) is 21.3. The van der Waals surface area contributed by atoms with Crippen molar-refractivity contribution in [2.24, 2.45) is 0 Å². The van der Waals surface area contributed by atoms with Gasteiger partial charge in [0.2, 0.25) is 0 Å². The molecule has 4 rings (SSSR count). The van der Waals surface area contributed by atoms with Gasteiger partial charge in [-0.15, -0.1) is 0 Å². The Morgan fingerprint density at radius 2 is 1.72 bits per heavy atom. The van der Waals surface area contributed by atoms with E-state index in [0.717, 1.165) is 22.4 Å². The molecular formula is C24H23N5O2S. The number of methoxy groups -OCH3 is 1. The fraction of sp³-hybridized carbons (Fsp3) is 0.125. The predicted octanol–water partition coefficient (Wildman–Crippen LogP) is 4.49. The number of carbonyl (C=O) groups is 1. The molecule has 3 aromatic carbocycles. The molecule has 0 aliphatic heterocycles. The predicted molar refractivity (Wildman–Crippen MR) is 131 cm³/mol. The van der Waals surface area contributed by atoms with Crippen molar-refractivity contribution in [3.05, 3.63) is 77.4 Å². The minimum atomic E-state index is -0.309. The van der Waals surface area contributed by atoms with E-state index in [1.54, 1.807) is 19.2 Å². The quantitative estimate of drug-likeness (QED) is 0.273. The van der Waals surface area contributed by atoms with E-state index in [4.69, 9.17) is 17.0 Å². The maximum absolute atomic E-state index is 12.5. The van der Waals surface area contributed by atoms with E-state index < -0.39 is 0 Å². The number of aromatic nitrogens is 2. The van der Waals surface area contributed by atoms with E-state index in [9.17, 15) is 4.79 Å². The molecule has 0 bridgehead atoms. The number of anilines is 1. The molecule has 1 amide bonds. The van der Waals surface area contributed by atoms with Gasteiger partial charge in [0, 0.05) is 11.1 Å². The smallest absolute Gasteiger partial charge is 0.269 e. The van der Waals surface area contributed by atoms with Gasteiger partial charge in [0.25, 0.3) is 5.91 Å². The SMILES string of the molecule is COc1ccccc1NC(=S)NNC(=O)c1ccc(-c2nc3cc(C)c(C)cc3[nH]2)cc1. The van der Waals surface area contributed by atoms with Gasteiger partial charge in [0.15, 0.2) is 5.11 Å². The van der Waals surface area contributed by atoms with Crippen LogP contribution in [0, 0.1) is 13.8 Å². The second-order valence-corrected chi connectivity index (χ2v) is 7.76. The molecule has 162 valence electrons. The number of thiocarbonyl (C=S) groups is 1. The molecule has 0 atom stereocenters. The molecule has 1 heterocycles. The standard InChI is InChI=1S/C24H23N5O2S/c1-14-12-19-20(13-15(14)2)26-22(25-19)16-8-10-17(11-9-16)23(30)28-29-24(32)27-18-6-4-5-7-21(18)31-3/h4-13H,1-3H3,(H,25,26)(H,28,30)(H2,27,29,32). The summed E-state index contributed by atoms with van der Waals surface area (Å²) in [6, 6.07) is 18.7. The van der Waals surface area contributed by atoms with Crippen molar-refractivity contribution < 1.29 is 9.53 Å². The number of hydrazine groups is 1. The molecule has 4 aromatic rings. The van der Waals surface area contributed by atoms with E-state index in [1.807, 2.05) is 36.4 Å². The molecule has 0 unspecified atom stereocenters. The number of imidazole rings is 1. The Labute approximate surface area is 191 Å². The summed E-state index contributed by atoms with van der Waals surface area (Å²) in [5, 5.41) is 3.23. The Morgan fingerprint density at radius 1 is 1.00 bits per heavy atom. The lowest BCUT2D eigenvalue weighted by Crippen LogP contribution is -2.43. The van der Waals surface area contributed by atoms with Crippen molar-refractivity contribution >= 4 is 40.0 Å². The molecule has 0 spiro atoms. The van der Waals surface area contributed by atoms with Gasteiger partial charge in [-0.05, 0) is 73.6 Å². The highest BCUT2D eigenvalue weighted by molar-refractivity contribution is 7.80. The summed E-state index contributed by atoms with van der Waals surface area (Å²) in [5.41, 5.74) is 11.7. The van der Waals surface area contributed by atoms with Gasteiger partial charge in [-0.3, -0.25) is 15.6 Å². The largest absolute Gasteiger partial charge is 0.495 e. The van der Waals surface area contributed by atoms with Gasteiger partial charge >= 0.3 is 0 Å². The van der Waals surface area contributed by atoms with Gasteiger partial charge in [0.1, 0.15) is 11.6 Å². The Hall–Kier alpha value is -3.91. The number of amides is 1. The number of para-hydroxylation sites is 2. The van der Waals surface area contributed by atoms with E-state index >= 15 is 0 Å². The van der Waals surface area contributed by atoms with Crippen LogP contribution < -0.4 is 20.9 Å². The van der Waals surface area contributed by atoms with E-state index in [-0.39, 0.29) is 11.0 Å². The van der Waals surface area contributed by atoms with Crippen molar-refractivity contribution in [2.75, 3.05) is 12.4 Å². The third kappa shape index (κ3) is 4.55. The summed E-state index contributed by atoms with van der Waals surface area (Å²) in [6.07, 6.45) is 0. The minimum absolute atomic E-state index is 0.243. The number of fused-ring (bicyclic) bond motifs is 1. The number of hydrogen-bond acceptors (Lipinski definition) is 4. The molecule has 0 aliphatic rings. The van der Waals surface area contributed by atoms with Crippen molar-refractivity contribution in [3.8, 4) is 17.1 Å². The van der Waals surface area contributed by atoms with Crippen LogP contribution in [0.4, 0.5) is 5.69 Å². The van der Waals surface area contributed by atoms with Gasteiger partial charge in [-0.1, -0.05) is 24.3 Å². The number of nitrogens with zero attached hydrogens (tertiary/aromatic N) is 1. The summed E-state index contributed by atoms with van der Waals surface area (Å²) >= 11 is 5.24. The van der Waals surface area contributed by atoms with Crippen LogP contribution in [0.3, 0.4) is 0 Å². The molecule has 0 aliphatic carbocycles. The second-order valence-electron chi connectivity index (χ2n) is 7.35. The number of nitrogens with one attached hydrogen (secondary N) is 4. The average Bonchev–Trinajstić information content (AvgIpc) is 3.21. The van der Waals surface area contributed by atoms with Gasteiger partial charge in [0.05, 0.1) is 23.8 Å². The number of carbonyl (C=O) groups excluding carboxylic acids is 1. The van der Waals surface area contributed by atoms with Gasteiger partial charge in [-0.25, -0.2) is 4.98 Å². The van der Waals surface area contributed by atoms with Crippen molar-refractivity contribution in [2.45, 2.75) is 13.8 Å². The number of H-pyrrole nitrogens is 1. The Balaban J connectivity index is 1.39. The lowest BCUT2D eigenvalue weighted by molar-refractivity contribution is 0.0944. The van der Waals surface area contributed by atoms with Crippen LogP contribution in [0.15, 0.2) is 60.7 Å².